The number of aromatic nitrogens is 1. The number of nitriles is 1. The number of nitrogens with one attached hydrogen (secondary N) is 3. The molecule has 0 bridgehead atoms. The molecular formula is C22H23N5OS. The number of fused-ring (bicyclic) bond motifs is 1. The van der Waals surface area contributed by atoms with Gasteiger partial charge in [-0.15, -0.1) is 0 Å². The molecule has 0 fully saturated rings. The fourth-order valence-corrected chi connectivity index (χ4v) is 3.08. The summed E-state index contributed by atoms with van der Waals surface area (Å²) >= 11 is 5.34. The number of rotatable bonds is 7. The summed E-state index contributed by atoms with van der Waals surface area (Å²) in [6.45, 7) is 5.72. The largest absolute Gasteiger partial charge is 0.494 e. The number of anilines is 2. The first kappa shape index (κ1) is 20.4. The van der Waals surface area contributed by atoms with Crippen molar-refractivity contribution in [3.63, 3.8) is 0 Å². The van der Waals surface area contributed by atoms with Crippen molar-refractivity contribution < 1.29 is 4.74 Å². The Labute approximate surface area is 175 Å². The number of hydrogen-bond donors (Lipinski definition) is 3. The van der Waals surface area contributed by atoms with E-state index in [-0.39, 0.29) is 0 Å². The van der Waals surface area contributed by atoms with Crippen LogP contribution in [-0.4, -0.2) is 29.8 Å². The quantitative estimate of drug-likeness (QED) is 0.401. The van der Waals surface area contributed by atoms with Gasteiger partial charge in [-0.2, -0.15) is 5.26 Å². The average molecular weight is 406 g/mol. The van der Waals surface area contributed by atoms with Crippen molar-refractivity contribution in [3.8, 4) is 11.8 Å². The number of nitrogens with zero attached hydrogens (tertiary/aromatic N) is 2. The Morgan fingerprint density at radius 2 is 2.00 bits per heavy atom. The highest BCUT2D eigenvalue weighted by molar-refractivity contribution is 7.80. The molecule has 0 aliphatic rings. The Kier molecular flexibility index (Phi) is 6.82. The standard InChI is InChI=1S/C22H23N5OS/c1-3-28-18-8-9-20-16(13-18)12-17(14-23)21(26-20)24-10-11-25-22(29)27-19-7-5-4-6-15(19)2/h4-9,12-13H,3,10-11H2,1-2H3,(H,24,26)(H2,25,27,29). The van der Waals surface area contributed by atoms with Gasteiger partial charge in [0, 0.05) is 24.2 Å². The van der Waals surface area contributed by atoms with Crippen LogP contribution in [0.1, 0.15) is 18.1 Å². The number of thiocarbonyl (C=S) groups is 1. The zero-order valence-electron chi connectivity index (χ0n) is 16.5. The Morgan fingerprint density at radius 3 is 2.76 bits per heavy atom. The van der Waals surface area contributed by atoms with Gasteiger partial charge in [0.15, 0.2) is 5.11 Å². The summed E-state index contributed by atoms with van der Waals surface area (Å²) in [5, 5.41) is 20.5. The maximum Gasteiger partial charge on any atom is 0.170 e. The zero-order valence-corrected chi connectivity index (χ0v) is 17.3. The van der Waals surface area contributed by atoms with E-state index in [4.69, 9.17) is 17.0 Å². The second-order valence-corrected chi connectivity index (χ2v) is 6.81. The predicted octanol–water partition coefficient (Wildman–Crippen LogP) is 4.21. The Morgan fingerprint density at radius 1 is 1.17 bits per heavy atom. The zero-order chi connectivity index (χ0) is 20.6. The molecule has 1 aromatic heterocycles. The molecule has 3 aromatic rings. The Balaban J connectivity index is 1.58. The third kappa shape index (κ3) is 5.33. The SMILES string of the molecule is CCOc1ccc2nc(NCCNC(=S)Nc3ccccc3C)c(C#N)cc2c1. The van der Waals surface area contributed by atoms with Crippen molar-refractivity contribution in [3.05, 3.63) is 59.7 Å². The van der Waals surface area contributed by atoms with Crippen LogP contribution in [0, 0.1) is 18.3 Å². The fourth-order valence-electron chi connectivity index (χ4n) is 2.87. The van der Waals surface area contributed by atoms with Crippen LogP contribution in [-0.2, 0) is 0 Å². The molecule has 0 aliphatic heterocycles. The molecule has 3 rings (SSSR count). The molecule has 6 nitrogen and oxygen atoms in total. The fraction of sp³-hybridized carbons (Fsp3) is 0.227. The van der Waals surface area contributed by atoms with Crippen LogP contribution < -0.4 is 20.7 Å². The summed E-state index contributed by atoms with van der Waals surface area (Å²) < 4.78 is 5.52. The van der Waals surface area contributed by atoms with Crippen LogP contribution in [0.4, 0.5) is 11.5 Å². The van der Waals surface area contributed by atoms with Gasteiger partial charge in [0.2, 0.25) is 0 Å². The van der Waals surface area contributed by atoms with Crippen molar-refractivity contribution in [2.75, 3.05) is 30.3 Å². The second kappa shape index (κ2) is 9.71. The first-order valence-electron chi connectivity index (χ1n) is 9.42. The Hall–Kier alpha value is -3.37. The lowest BCUT2D eigenvalue weighted by Gasteiger charge is -2.13. The van der Waals surface area contributed by atoms with Crippen molar-refractivity contribution in [2.45, 2.75) is 13.8 Å². The third-order valence-electron chi connectivity index (χ3n) is 4.31. The predicted molar refractivity (Wildman–Crippen MR) is 122 cm³/mol. The first-order valence-corrected chi connectivity index (χ1v) is 9.83. The van der Waals surface area contributed by atoms with Crippen molar-refractivity contribution in [2.24, 2.45) is 0 Å². The molecule has 2 aromatic carbocycles. The summed E-state index contributed by atoms with van der Waals surface area (Å²) in [4.78, 5) is 4.58. The number of ether oxygens (including phenoxy) is 1. The van der Waals surface area contributed by atoms with E-state index in [0.29, 0.717) is 36.2 Å². The van der Waals surface area contributed by atoms with Gasteiger partial charge in [0.05, 0.1) is 17.7 Å². The van der Waals surface area contributed by atoms with Crippen LogP contribution in [0.2, 0.25) is 0 Å². The van der Waals surface area contributed by atoms with E-state index >= 15 is 0 Å². The summed E-state index contributed by atoms with van der Waals surface area (Å²) in [7, 11) is 0. The molecule has 29 heavy (non-hydrogen) atoms. The Bertz CT molecular complexity index is 1060. The molecule has 1 heterocycles. The van der Waals surface area contributed by atoms with Gasteiger partial charge in [0.1, 0.15) is 17.6 Å². The van der Waals surface area contributed by atoms with Gasteiger partial charge < -0.3 is 20.7 Å². The molecule has 0 amide bonds. The summed E-state index contributed by atoms with van der Waals surface area (Å²) in [5.74, 6) is 1.33. The van der Waals surface area contributed by atoms with Crippen LogP contribution in [0.25, 0.3) is 10.9 Å². The number of aryl methyl sites for hydroxylation is 1. The van der Waals surface area contributed by atoms with Crippen LogP contribution >= 0.6 is 12.2 Å². The van der Waals surface area contributed by atoms with Crippen LogP contribution in [0.3, 0.4) is 0 Å². The minimum Gasteiger partial charge on any atom is -0.494 e. The molecule has 7 heteroatoms. The number of hydrogen-bond acceptors (Lipinski definition) is 5. The topological polar surface area (TPSA) is 82.0 Å². The van der Waals surface area contributed by atoms with Crippen molar-refractivity contribution >= 4 is 39.7 Å². The van der Waals surface area contributed by atoms with Crippen molar-refractivity contribution in [1.82, 2.24) is 10.3 Å². The number of pyridine rings is 1. The molecule has 0 saturated heterocycles. The third-order valence-corrected chi connectivity index (χ3v) is 4.56. The molecular weight excluding hydrogens is 382 g/mol. The summed E-state index contributed by atoms with van der Waals surface area (Å²) in [6, 6.07) is 17.7. The molecule has 0 radical (unpaired) electrons. The lowest BCUT2D eigenvalue weighted by molar-refractivity contribution is 0.340. The van der Waals surface area contributed by atoms with Gasteiger partial charge in [-0.1, -0.05) is 18.2 Å². The van der Waals surface area contributed by atoms with Gasteiger partial charge in [0.25, 0.3) is 0 Å². The van der Waals surface area contributed by atoms with Crippen molar-refractivity contribution in [1.29, 1.82) is 5.26 Å². The van der Waals surface area contributed by atoms with Gasteiger partial charge in [-0.25, -0.2) is 4.98 Å². The summed E-state index contributed by atoms with van der Waals surface area (Å²) in [6.07, 6.45) is 0. The normalized spacial score (nSPS) is 10.2. The molecule has 148 valence electrons. The first-order chi connectivity index (χ1) is 14.1. The van der Waals surface area contributed by atoms with Gasteiger partial charge >= 0.3 is 0 Å². The summed E-state index contributed by atoms with van der Waals surface area (Å²) in [5.41, 5.74) is 3.40. The monoisotopic (exact) mass is 405 g/mol. The minimum atomic E-state index is 0.492. The lowest BCUT2D eigenvalue weighted by Crippen LogP contribution is -2.32. The maximum atomic E-state index is 9.48. The van der Waals surface area contributed by atoms with E-state index < -0.39 is 0 Å². The highest BCUT2D eigenvalue weighted by Gasteiger charge is 2.08. The molecule has 3 N–H and O–H groups in total. The van der Waals surface area contributed by atoms with Gasteiger partial charge in [-0.3, -0.25) is 0 Å². The number of para-hydroxylation sites is 1. The minimum absolute atomic E-state index is 0.492. The average Bonchev–Trinajstić information content (AvgIpc) is 2.72. The van der Waals surface area contributed by atoms with E-state index in [2.05, 4.69) is 27.0 Å². The smallest absolute Gasteiger partial charge is 0.170 e. The molecule has 0 saturated carbocycles. The molecule has 0 unspecified atom stereocenters. The molecule has 0 aliphatic carbocycles. The van der Waals surface area contributed by atoms with Gasteiger partial charge in [-0.05, 0) is 62.0 Å². The maximum absolute atomic E-state index is 9.48. The van der Waals surface area contributed by atoms with E-state index in [9.17, 15) is 5.26 Å². The van der Waals surface area contributed by atoms with E-state index in [0.717, 1.165) is 27.9 Å². The second-order valence-electron chi connectivity index (χ2n) is 6.41. The molecule has 0 atom stereocenters. The highest BCUT2D eigenvalue weighted by atomic mass is 32.1. The van der Waals surface area contributed by atoms with Crippen LogP contribution in [0.15, 0.2) is 48.5 Å². The lowest BCUT2D eigenvalue weighted by atomic mass is 10.1. The van der Waals surface area contributed by atoms with E-state index in [1.807, 2.05) is 62.4 Å². The molecule has 0 spiro atoms. The van der Waals surface area contributed by atoms with E-state index in [1.54, 1.807) is 0 Å². The van der Waals surface area contributed by atoms with E-state index in [1.165, 1.54) is 0 Å². The van der Waals surface area contributed by atoms with Crippen LogP contribution in [0.5, 0.6) is 5.75 Å². The number of benzene rings is 2. The highest BCUT2D eigenvalue weighted by Crippen LogP contribution is 2.24.